The van der Waals surface area contributed by atoms with Gasteiger partial charge in [0.05, 0.1) is 23.7 Å². The summed E-state index contributed by atoms with van der Waals surface area (Å²) in [7, 11) is 1.60. The summed E-state index contributed by atoms with van der Waals surface area (Å²) in [6, 6.07) is 12.6. The largest absolute Gasteiger partial charge is 0.495 e. The monoisotopic (exact) mass is 392 g/mol. The zero-order valence-corrected chi connectivity index (χ0v) is 16.2. The third-order valence-electron chi connectivity index (χ3n) is 3.65. The van der Waals surface area contributed by atoms with Gasteiger partial charge in [-0.2, -0.15) is 11.8 Å². The van der Waals surface area contributed by atoms with Gasteiger partial charge in [-0.25, -0.2) is 4.98 Å². The van der Waals surface area contributed by atoms with Crippen LogP contribution in [-0.4, -0.2) is 34.4 Å². The average Bonchev–Trinajstić information content (AvgIpc) is 2.62. The Hall–Kier alpha value is -1.63. The number of nitrogens with zero attached hydrogens (tertiary/aromatic N) is 2. The number of aromatic nitrogens is 2. The molecule has 4 nitrogen and oxygen atoms in total. The molecule has 0 aliphatic rings. The van der Waals surface area contributed by atoms with Crippen LogP contribution in [0, 0.1) is 0 Å². The summed E-state index contributed by atoms with van der Waals surface area (Å²) in [4.78, 5) is 17.9. The van der Waals surface area contributed by atoms with Crippen molar-refractivity contribution in [3.05, 3.63) is 57.8 Å². The first-order valence-electron chi connectivity index (χ1n) is 7.63. The van der Waals surface area contributed by atoms with Crippen molar-refractivity contribution in [1.82, 2.24) is 9.55 Å². The first kappa shape index (κ1) is 18.2. The number of benzene rings is 2. The fourth-order valence-electron chi connectivity index (χ4n) is 2.48. The summed E-state index contributed by atoms with van der Waals surface area (Å²) in [5.74, 6) is 2.46. The molecule has 25 heavy (non-hydrogen) atoms. The van der Waals surface area contributed by atoms with E-state index >= 15 is 0 Å². The van der Waals surface area contributed by atoms with Crippen molar-refractivity contribution in [2.24, 2.45) is 0 Å². The van der Waals surface area contributed by atoms with E-state index in [-0.39, 0.29) is 5.56 Å². The number of ether oxygens (including phenoxy) is 1. The summed E-state index contributed by atoms with van der Waals surface area (Å²) in [5, 5.41) is 1.73. The minimum absolute atomic E-state index is 0.127. The van der Waals surface area contributed by atoms with Crippen molar-refractivity contribution in [3.63, 3.8) is 0 Å². The summed E-state index contributed by atoms with van der Waals surface area (Å²) in [6.45, 7) is 0. The van der Waals surface area contributed by atoms with Crippen LogP contribution in [0.1, 0.15) is 0 Å². The van der Waals surface area contributed by atoms with Crippen LogP contribution in [0.15, 0.2) is 52.4 Å². The highest BCUT2D eigenvalue weighted by Crippen LogP contribution is 2.27. The maximum Gasteiger partial charge on any atom is 0.266 e. The van der Waals surface area contributed by atoms with Gasteiger partial charge in [0.1, 0.15) is 5.75 Å². The summed E-state index contributed by atoms with van der Waals surface area (Å²) >= 11 is 9.39. The van der Waals surface area contributed by atoms with Crippen LogP contribution in [0.3, 0.4) is 0 Å². The van der Waals surface area contributed by atoms with Gasteiger partial charge in [0.2, 0.25) is 0 Å². The molecule has 3 rings (SSSR count). The number of rotatable bonds is 6. The maximum atomic E-state index is 13.2. The average molecular weight is 393 g/mol. The Morgan fingerprint density at radius 3 is 2.76 bits per heavy atom. The predicted octanol–water partition coefficient (Wildman–Crippen LogP) is 4.50. The van der Waals surface area contributed by atoms with Gasteiger partial charge in [-0.05, 0) is 36.6 Å². The fraction of sp³-hybridized carbons (Fsp3) is 0.222. The van der Waals surface area contributed by atoms with Gasteiger partial charge in [0, 0.05) is 16.5 Å². The van der Waals surface area contributed by atoms with Gasteiger partial charge < -0.3 is 4.74 Å². The molecule has 130 valence electrons. The van der Waals surface area contributed by atoms with Crippen molar-refractivity contribution in [1.29, 1.82) is 0 Å². The SMILES string of the molecule is COc1ccccc1-n1c(SCCSC)nc2cc(Cl)ccc2c1=O. The molecular weight excluding hydrogens is 376 g/mol. The molecule has 0 spiro atoms. The molecule has 3 aromatic rings. The Bertz CT molecular complexity index is 959. The van der Waals surface area contributed by atoms with Crippen LogP contribution in [0.25, 0.3) is 16.6 Å². The van der Waals surface area contributed by atoms with Crippen LogP contribution in [0.4, 0.5) is 0 Å². The van der Waals surface area contributed by atoms with Crippen molar-refractivity contribution < 1.29 is 4.74 Å². The van der Waals surface area contributed by atoms with E-state index in [9.17, 15) is 4.79 Å². The molecule has 0 saturated heterocycles. The zero-order chi connectivity index (χ0) is 17.8. The van der Waals surface area contributed by atoms with E-state index in [1.807, 2.05) is 24.3 Å². The van der Waals surface area contributed by atoms with Gasteiger partial charge in [-0.3, -0.25) is 9.36 Å². The van der Waals surface area contributed by atoms with Gasteiger partial charge in [-0.1, -0.05) is 35.5 Å². The first-order chi connectivity index (χ1) is 12.2. The molecule has 0 aliphatic carbocycles. The van der Waals surface area contributed by atoms with Gasteiger partial charge in [0.25, 0.3) is 5.56 Å². The first-order valence-corrected chi connectivity index (χ1v) is 10.4. The Balaban J connectivity index is 2.27. The predicted molar refractivity (Wildman–Crippen MR) is 108 cm³/mol. The van der Waals surface area contributed by atoms with E-state index in [0.717, 1.165) is 11.5 Å². The van der Waals surface area contributed by atoms with E-state index in [1.54, 1.807) is 53.4 Å². The van der Waals surface area contributed by atoms with Crippen molar-refractivity contribution in [3.8, 4) is 11.4 Å². The smallest absolute Gasteiger partial charge is 0.266 e. The number of methoxy groups -OCH3 is 1. The van der Waals surface area contributed by atoms with Crippen molar-refractivity contribution in [2.75, 3.05) is 24.9 Å². The standard InChI is InChI=1S/C18H17ClN2O2S2/c1-23-16-6-4-3-5-15(16)21-17(22)13-8-7-12(19)11-14(13)20-18(21)25-10-9-24-2/h3-8,11H,9-10H2,1-2H3. The van der Waals surface area contributed by atoms with Crippen LogP contribution < -0.4 is 10.3 Å². The third kappa shape index (κ3) is 3.81. The van der Waals surface area contributed by atoms with Crippen molar-refractivity contribution in [2.45, 2.75) is 5.16 Å². The summed E-state index contributed by atoms with van der Waals surface area (Å²) < 4.78 is 7.07. The second-order valence-electron chi connectivity index (χ2n) is 5.21. The fourth-order valence-corrected chi connectivity index (χ4v) is 4.30. The zero-order valence-electron chi connectivity index (χ0n) is 13.9. The third-order valence-corrected chi connectivity index (χ3v) is 5.69. The highest BCUT2D eigenvalue weighted by atomic mass is 35.5. The molecule has 1 heterocycles. The van der Waals surface area contributed by atoms with Crippen LogP contribution in [-0.2, 0) is 0 Å². The molecule has 0 amide bonds. The summed E-state index contributed by atoms with van der Waals surface area (Å²) in [6.07, 6.45) is 2.06. The molecule has 0 saturated carbocycles. The Morgan fingerprint density at radius 1 is 1.20 bits per heavy atom. The van der Waals surface area contributed by atoms with Crippen LogP contribution in [0.5, 0.6) is 5.75 Å². The Kier molecular flexibility index (Phi) is 5.93. The lowest BCUT2D eigenvalue weighted by Gasteiger charge is -2.15. The highest BCUT2D eigenvalue weighted by Gasteiger charge is 2.16. The van der Waals surface area contributed by atoms with Crippen molar-refractivity contribution >= 4 is 46.0 Å². The number of para-hydroxylation sites is 2. The molecule has 0 radical (unpaired) electrons. The van der Waals surface area contributed by atoms with E-state index in [1.165, 1.54) is 0 Å². The van der Waals surface area contributed by atoms with E-state index in [2.05, 4.69) is 6.26 Å². The second-order valence-corrected chi connectivity index (χ2v) is 7.69. The summed E-state index contributed by atoms with van der Waals surface area (Å²) in [5.41, 5.74) is 1.17. The van der Waals surface area contributed by atoms with Crippen LogP contribution in [0.2, 0.25) is 5.02 Å². The lowest BCUT2D eigenvalue weighted by molar-refractivity contribution is 0.411. The maximum absolute atomic E-state index is 13.2. The normalized spacial score (nSPS) is 11.0. The lowest BCUT2D eigenvalue weighted by Crippen LogP contribution is -2.22. The molecule has 0 fully saturated rings. The number of thioether (sulfide) groups is 2. The van der Waals surface area contributed by atoms with E-state index < -0.39 is 0 Å². The molecule has 0 aliphatic heterocycles. The Morgan fingerprint density at radius 2 is 2.00 bits per heavy atom. The minimum atomic E-state index is -0.127. The quantitative estimate of drug-likeness (QED) is 0.351. The molecule has 0 atom stereocenters. The molecule has 0 unspecified atom stereocenters. The number of halogens is 1. The van der Waals surface area contributed by atoms with Gasteiger partial charge in [-0.15, -0.1) is 0 Å². The molecule has 2 aromatic carbocycles. The number of fused-ring (bicyclic) bond motifs is 1. The topological polar surface area (TPSA) is 44.1 Å². The molecule has 7 heteroatoms. The van der Waals surface area contributed by atoms with Gasteiger partial charge in [0.15, 0.2) is 5.16 Å². The molecule has 1 aromatic heterocycles. The molecule has 0 N–H and O–H groups in total. The van der Waals surface area contributed by atoms with Gasteiger partial charge >= 0.3 is 0 Å². The van der Waals surface area contributed by atoms with Crippen LogP contribution >= 0.6 is 35.1 Å². The van der Waals surface area contributed by atoms with E-state index in [4.69, 9.17) is 21.3 Å². The number of hydrogen-bond donors (Lipinski definition) is 0. The highest BCUT2D eigenvalue weighted by molar-refractivity contribution is 8.02. The van der Waals surface area contributed by atoms with E-state index in [0.29, 0.717) is 32.5 Å². The molecule has 0 bridgehead atoms. The second kappa shape index (κ2) is 8.17. The lowest BCUT2D eigenvalue weighted by atomic mass is 10.2. The minimum Gasteiger partial charge on any atom is -0.495 e. The number of hydrogen-bond acceptors (Lipinski definition) is 5. The molecular formula is C18H17ClN2O2S2. The Labute approximate surface area is 159 Å².